The van der Waals surface area contributed by atoms with Crippen LogP contribution in [0, 0.1) is 11.3 Å². The minimum atomic E-state index is 0.512. The number of hydrogen-bond donors (Lipinski definition) is 0. The van der Waals surface area contributed by atoms with E-state index in [4.69, 9.17) is 0 Å². The molecular weight excluding hydrogens is 182 g/mol. The molecule has 0 bridgehead atoms. The van der Waals surface area contributed by atoms with Crippen molar-refractivity contribution in [3.8, 4) is 0 Å². The molecule has 2 rings (SSSR count). The summed E-state index contributed by atoms with van der Waals surface area (Å²) in [7, 11) is 2.26. The van der Waals surface area contributed by atoms with Crippen LogP contribution in [-0.2, 0) is 0 Å². The Bertz CT molecular complexity index is 258. The molecule has 15 heavy (non-hydrogen) atoms. The maximum Gasteiger partial charge on any atom is 0.0101 e. The third-order valence-electron chi connectivity index (χ3n) is 4.84. The summed E-state index contributed by atoms with van der Waals surface area (Å²) in [6.07, 6.45) is 6.76. The lowest BCUT2D eigenvalue weighted by molar-refractivity contribution is 0.247. The van der Waals surface area contributed by atoms with Crippen LogP contribution in [0.2, 0.25) is 0 Å². The molecule has 0 radical (unpaired) electrons. The van der Waals surface area contributed by atoms with Gasteiger partial charge in [0.2, 0.25) is 0 Å². The average molecular weight is 207 g/mol. The molecule has 1 saturated heterocycles. The lowest BCUT2D eigenvalue weighted by Gasteiger charge is -2.30. The third kappa shape index (κ3) is 1.99. The van der Waals surface area contributed by atoms with Crippen LogP contribution < -0.4 is 0 Å². The van der Waals surface area contributed by atoms with Crippen LogP contribution in [0.5, 0.6) is 0 Å². The van der Waals surface area contributed by atoms with Crippen LogP contribution in [0.25, 0.3) is 0 Å². The zero-order chi connectivity index (χ0) is 11.1. The summed E-state index contributed by atoms with van der Waals surface area (Å²) in [6.45, 7) is 10.4. The maximum atomic E-state index is 4.40. The number of nitrogens with zero attached hydrogens (tertiary/aromatic N) is 1. The van der Waals surface area contributed by atoms with Crippen molar-refractivity contribution in [1.29, 1.82) is 0 Å². The van der Waals surface area contributed by atoms with Gasteiger partial charge in [-0.3, -0.25) is 0 Å². The first-order valence-corrected chi connectivity index (χ1v) is 6.42. The number of hydrogen-bond acceptors (Lipinski definition) is 1. The molecule has 0 amide bonds. The average Bonchev–Trinajstić information content (AvgIpc) is 2.53. The molecular formula is C14H25N. The molecule has 3 atom stereocenters. The van der Waals surface area contributed by atoms with Gasteiger partial charge >= 0.3 is 0 Å². The van der Waals surface area contributed by atoms with E-state index in [0.717, 1.165) is 5.92 Å². The second-order valence-electron chi connectivity index (χ2n) is 6.02. The maximum absolute atomic E-state index is 4.40. The van der Waals surface area contributed by atoms with E-state index >= 15 is 0 Å². The SMILES string of the molecule is C=C1CC(C)N(C)CCC12CCC(C)C2. The molecule has 1 heterocycles. The van der Waals surface area contributed by atoms with Crippen molar-refractivity contribution in [1.82, 2.24) is 4.90 Å². The number of likely N-dealkylation sites (tertiary alicyclic amines) is 1. The van der Waals surface area contributed by atoms with Crippen LogP contribution in [0.3, 0.4) is 0 Å². The van der Waals surface area contributed by atoms with Gasteiger partial charge in [-0.15, -0.1) is 0 Å². The van der Waals surface area contributed by atoms with E-state index in [9.17, 15) is 0 Å². The van der Waals surface area contributed by atoms with Crippen LogP contribution in [0.1, 0.15) is 46.0 Å². The molecule has 1 aliphatic carbocycles. The van der Waals surface area contributed by atoms with Gasteiger partial charge in [-0.25, -0.2) is 0 Å². The highest BCUT2D eigenvalue weighted by Gasteiger charge is 2.41. The summed E-state index contributed by atoms with van der Waals surface area (Å²) < 4.78 is 0. The van der Waals surface area contributed by atoms with Gasteiger partial charge in [-0.05, 0) is 64.0 Å². The molecule has 1 heteroatoms. The standard InChI is InChI=1S/C14H25N/c1-11-5-6-14(10-11)7-8-15(4)13(3)9-12(14)2/h11,13H,2,5-10H2,1,3-4H3. The summed E-state index contributed by atoms with van der Waals surface area (Å²) >= 11 is 0. The monoisotopic (exact) mass is 207 g/mol. The van der Waals surface area contributed by atoms with E-state index in [1.807, 2.05) is 0 Å². The predicted octanol–water partition coefficient (Wildman–Crippen LogP) is 3.46. The Morgan fingerprint density at radius 3 is 2.67 bits per heavy atom. The van der Waals surface area contributed by atoms with Crippen molar-refractivity contribution >= 4 is 0 Å². The van der Waals surface area contributed by atoms with Crippen molar-refractivity contribution in [3.63, 3.8) is 0 Å². The highest BCUT2D eigenvalue weighted by molar-refractivity contribution is 5.16. The molecule has 1 aliphatic heterocycles. The topological polar surface area (TPSA) is 3.24 Å². The van der Waals surface area contributed by atoms with Crippen molar-refractivity contribution in [2.24, 2.45) is 11.3 Å². The van der Waals surface area contributed by atoms with Crippen LogP contribution in [0.4, 0.5) is 0 Å². The van der Waals surface area contributed by atoms with Gasteiger partial charge in [0.05, 0.1) is 0 Å². The Morgan fingerprint density at radius 2 is 2.07 bits per heavy atom. The molecule has 3 unspecified atom stereocenters. The van der Waals surface area contributed by atoms with Gasteiger partial charge in [0.1, 0.15) is 0 Å². The Balaban J connectivity index is 2.16. The number of rotatable bonds is 0. The van der Waals surface area contributed by atoms with Crippen molar-refractivity contribution < 1.29 is 0 Å². The van der Waals surface area contributed by atoms with E-state index < -0.39 is 0 Å². The van der Waals surface area contributed by atoms with Gasteiger partial charge in [-0.1, -0.05) is 19.1 Å². The smallest absolute Gasteiger partial charge is 0.0101 e. The zero-order valence-corrected chi connectivity index (χ0v) is 10.6. The van der Waals surface area contributed by atoms with E-state index in [0.29, 0.717) is 11.5 Å². The first-order chi connectivity index (χ1) is 7.03. The highest BCUT2D eigenvalue weighted by Crippen LogP contribution is 2.51. The highest BCUT2D eigenvalue weighted by atomic mass is 15.1. The lowest BCUT2D eigenvalue weighted by atomic mass is 9.75. The molecule has 1 nitrogen and oxygen atoms in total. The lowest BCUT2D eigenvalue weighted by Crippen LogP contribution is -2.28. The Labute approximate surface area is 94.5 Å². The molecule has 2 aliphatic rings. The molecule has 0 aromatic rings. The minimum Gasteiger partial charge on any atom is -0.303 e. The zero-order valence-electron chi connectivity index (χ0n) is 10.6. The normalized spacial score (nSPS) is 43.5. The fourth-order valence-corrected chi connectivity index (χ4v) is 3.46. The Kier molecular flexibility index (Phi) is 2.94. The molecule has 0 N–H and O–H groups in total. The Morgan fingerprint density at radius 1 is 1.33 bits per heavy atom. The molecule has 86 valence electrons. The molecule has 1 spiro atoms. The fraction of sp³-hybridized carbons (Fsp3) is 0.857. The van der Waals surface area contributed by atoms with Gasteiger partial charge in [0, 0.05) is 6.04 Å². The van der Waals surface area contributed by atoms with Gasteiger partial charge < -0.3 is 4.90 Å². The van der Waals surface area contributed by atoms with Crippen molar-refractivity contribution in [2.45, 2.75) is 52.0 Å². The van der Waals surface area contributed by atoms with Crippen LogP contribution >= 0.6 is 0 Å². The van der Waals surface area contributed by atoms with Gasteiger partial charge in [0.25, 0.3) is 0 Å². The Hall–Kier alpha value is -0.300. The summed E-state index contributed by atoms with van der Waals surface area (Å²) in [4.78, 5) is 2.50. The van der Waals surface area contributed by atoms with Crippen LogP contribution in [0.15, 0.2) is 12.2 Å². The van der Waals surface area contributed by atoms with Gasteiger partial charge in [0.15, 0.2) is 0 Å². The summed E-state index contributed by atoms with van der Waals surface area (Å²) in [6, 6.07) is 0.688. The van der Waals surface area contributed by atoms with E-state index in [2.05, 4.69) is 32.4 Å². The molecule has 0 aromatic carbocycles. The van der Waals surface area contributed by atoms with Crippen LogP contribution in [-0.4, -0.2) is 24.5 Å². The van der Waals surface area contributed by atoms with E-state index in [1.165, 1.54) is 38.6 Å². The van der Waals surface area contributed by atoms with Crippen molar-refractivity contribution in [2.75, 3.05) is 13.6 Å². The summed E-state index contributed by atoms with van der Waals surface area (Å²) in [5, 5.41) is 0. The third-order valence-corrected chi connectivity index (χ3v) is 4.84. The predicted molar refractivity (Wildman–Crippen MR) is 65.9 cm³/mol. The van der Waals surface area contributed by atoms with E-state index in [-0.39, 0.29) is 0 Å². The second kappa shape index (κ2) is 3.93. The molecule has 2 fully saturated rings. The summed E-state index contributed by atoms with van der Waals surface area (Å²) in [5.41, 5.74) is 2.06. The van der Waals surface area contributed by atoms with Gasteiger partial charge in [-0.2, -0.15) is 0 Å². The largest absolute Gasteiger partial charge is 0.303 e. The minimum absolute atomic E-state index is 0.512. The molecule has 0 aromatic heterocycles. The van der Waals surface area contributed by atoms with Crippen molar-refractivity contribution in [3.05, 3.63) is 12.2 Å². The molecule has 1 saturated carbocycles. The first-order valence-electron chi connectivity index (χ1n) is 6.42. The quantitative estimate of drug-likeness (QED) is 0.550. The summed E-state index contributed by atoms with van der Waals surface area (Å²) in [5.74, 6) is 0.917. The van der Waals surface area contributed by atoms with E-state index in [1.54, 1.807) is 5.57 Å². The first kappa shape index (κ1) is 11.2. The fourth-order valence-electron chi connectivity index (χ4n) is 3.46. The second-order valence-corrected chi connectivity index (χ2v) is 6.02.